The van der Waals surface area contributed by atoms with Gasteiger partial charge in [-0.1, -0.05) is 36.2 Å². The lowest BCUT2D eigenvalue weighted by Gasteiger charge is -2.40. The van der Waals surface area contributed by atoms with E-state index in [0.29, 0.717) is 18.0 Å². The molecule has 0 aliphatic heterocycles. The maximum absolute atomic E-state index is 12.1. The lowest BCUT2D eigenvalue weighted by Crippen LogP contribution is -2.42. The van der Waals surface area contributed by atoms with Crippen molar-refractivity contribution in [3.05, 3.63) is 34.9 Å². The van der Waals surface area contributed by atoms with Crippen LogP contribution in [0.2, 0.25) is 5.02 Å². The van der Waals surface area contributed by atoms with Gasteiger partial charge in [-0.3, -0.25) is 4.79 Å². The zero-order valence-corrected chi connectivity index (χ0v) is 12.0. The molecular weight excluding hydrogens is 260 g/mol. The zero-order valence-electron chi connectivity index (χ0n) is 11.3. The first kappa shape index (κ1) is 14.4. The number of rotatable bonds is 5. The molecule has 1 saturated carbocycles. The number of hydrogen-bond donors (Lipinski definition) is 2. The first-order valence-corrected chi connectivity index (χ1v) is 7.18. The molecule has 1 aliphatic rings. The fraction of sp³-hybridized carbons (Fsp3) is 0.533. The Morgan fingerprint density at radius 3 is 2.68 bits per heavy atom. The molecule has 104 valence electrons. The second kappa shape index (κ2) is 5.93. The van der Waals surface area contributed by atoms with Gasteiger partial charge in [0.15, 0.2) is 0 Å². The Bertz CT molecular complexity index is 452. The Morgan fingerprint density at radius 2 is 2.16 bits per heavy atom. The predicted octanol–water partition coefficient (Wildman–Crippen LogP) is 3.04. The highest BCUT2D eigenvalue weighted by Crippen LogP contribution is 2.42. The maximum Gasteiger partial charge on any atom is 0.221 e. The quantitative estimate of drug-likeness (QED) is 0.871. The van der Waals surface area contributed by atoms with Crippen molar-refractivity contribution in [1.29, 1.82) is 0 Å². The van der Waals surface area contributed by atoms with Crippen LogP contribution >= 0.6 is 11.6 Å². The molecule has 1 atom stereocenters. The smallest absolute Gasteiger partial charge is 0.221 e. The topological polar surface area (TPSA) is 55.1 Å². The van der Waals surface area contributed by atoms with E-state index in [2.05, 4.69) is 5.32 Å². The van der Waals surface area contributed by atoms with Crippen LogP contribution in [-0.2, 0) is 4.79 Å². The minimum absolute atomic E-state index is 0.0459. The van der Waals surface area contributed by atoms with Crippen LogP contribution in [0.25, 0.3) is 0 Å². The summed E-state index contributed by atoms with van der Waals surface area (Å²) in [7, 11) is 0. The lowest BCUT2D eigenvalue weighted by molar-refractivity contribution is -0.125. The summed E-state index contributed by atoms with van der Waals surface area (Å²) < 4.78 is 0. The average Bonchev–Trinajstić information content (AvgIpc) is 2.34. The van der Waals surface area contributed by atoms with E-state index in [1.54, 1.807) is 0 Å². The summed E-state index contributed by atoms with van der Waals surface area (Å²) in [6, 6.07) is 7.52. The van der Waals surface area contributed by atoms with E-state index in [1.807, 2.05) is 31.2 Å². The minimum atomic E-state index is -0.0731. The van der Waals surface area contributed by atoms with Crippen molar-refractivity contribution in [3.8, 4) is 0 Å². The van der Waals surface area contributed by atoms with Gasteiger partial charge in [-0.05, 0) is 43.4 Å². The lowest BCUT2D eigenvalue weighted by atomic mass is 9.66. The third kappa shape index (κ3) is 3.28. The summed E-state index contributed by atoms with van der Waals surface area (Å²) in [5, 5.41) is 3.70. The molecule has 1 aliphatic carbocycles. The molecule has 1 amide bonds. The summed E-state index contributed by atoms with van der Waals surface area (Å²) >= 11 is 6.13. The van der Waals surface area contributed by atoms with Crippen molar-refractivity contribution in [1.82, 2.24) is 5.32 Å². The monoisotopic (exact) mass is 280 g/mol. The van der Waals surface area contributed by atoms with Gasteiger partial charge in [0.2, 0.25) is 5.91 Å². The van der Waals surface area contributed by atoms with Crippen molar-refractivity contribution in [3.63, 3.8) is 0 Å². The fourth-order valence-corrected chi connectivity index (χ4v) is 2.97. The second-order valence-electron chi connectivity index (χ2n) is 5.55. The number of nitrogens with two attached hydrogens (primary N) is 1. The van der Waals surface area contributed by atoms with E-state index in [1.165, 1.54) is 6.42 Å². The molecular formula is C15H21ClN2O. The van der Waals surface area contributed by atoms with E-state index >= 15 is 0 Å². The molecule has 3 N–H and O–H groups in total. The molecule has 1 fully saturated rings. The Morgan fingerprint density at radius 1 is 1.47 bits per heavy atom. The standard InChI is InChI=1S/C15H21ClN2O/c1-11(12-5-2-3-6-13(12)16)18-14(19)9-15(10-17)7-4-8-15/h2-3,5-6,11H,4,7-10,17H2,1H3,(H,18,19)/t11-/m1/s1. The third-order valence-corrected chi connectivity index (χ3v) is 4.48. The van der Waals surface area contributed by atoms with Crippen LogP contribution in [0.4, 0.5) is 0 Å². The van der Waals surface area contributed by atoms with Crippen LogP contribution in [0.3, 0.4) is 0 Å². The summed E-state index contributed by atoms with van der Waals surface area (Å²) in [4.78, 5) is 12.1. The minimum Gasteiger partial charge on any atom is -0.350 e. The Hall–Kier alpha value is -1.06. The van der Waals surface area contributed by atoms with Gasteiger partial charge in [-0.2, -0.15) is 0 Å². The van der Waals surface area contributed by atoms with Crippen LogP contribution < -0.4 is 11.1 Å². The van der Waals surface area contributed by atoms with Gasteiger partial charge < -0.3 is 11.1 Å². The number of carbonyl (C=O) groups excluding carboxylic acids is 1. The zero-order chi connectivity index (χ0) is 13.9. The summed E-state index contributed by atoms with van der Waals surface area (Å²) in [6.45, 7) is 2.55. The van der Waals surface area contributed by atoms with Gasteiger partial charge in [0.25, 0.3) is 0 Å². The number of nitrogens with one attached hydrogen (secondary N) is 1. The van der Waals surface area contributed by atoms with E-state index < -0.39 is 0 Å². The Labute approximate surface area is 119 Å². The Kier molecular flexibility index (Phi) is 4.48. The van der Waals surface area contributed by atoms with Gasteiger partial charge in [0, 0.05) is 11.4 Å². The van der Waals surface area contributed by atoms with Crippen LogP contribution in [0.15, 0.2) is 24.3 Å². The summed E-state index contributed by atoms with van der Waals surface area (Å²) in [6.07, 6.45) is 3.84. The summed E-state index contributed by atoms with van der Waals surface area (Å²) in [5.74, 6) is 0.0672. The SMILES string of the molecule is C[C@@H](NC(=O)CC1(CN)CCC1)c1ccccc1Cl. The molecule has 0 aromatic heterocycles. The molecule has 0 unspecified atom stereocenters. The Balaban J connectivity index is 1.94. The third-order valence-electron chi connectivity index (χ3n) is 4.13. The fourth-order valence-electron chi connectivity index (χ4n) is 2.67. The molecule has 19 heavy (non-hydrogen) atoms. The molecule has 0 radical (unpaired) electrons. The summed E-state index contributed by atoms with van der Waals surface area (Å²) in [5.41, 5.74) is 6.78. The molecule has 0 spiro atoms. The number of benzene rings is 1. The molecule has 3 nitrogen and oxygen atoms in total. The normalized spacial score (nSPS) is 18.5. The highest BCUT2D eigenvalue weighted by Gasteiger charge is 2.37. The van der Waals surface area contributed by atoms with Gasteiger partial charge in [0.05, 0.1) is 6.04 Å². The van der Waals surface area contributed by atoms with E-state index in [9.17, 15) is 4.79 Å². The number of carbonyl (C=O) groups is 1. The van der Waals surface area contributed by atoms with E-state index in [0.717, 1.165) is 18.4 Å². The average molecular weight is 281 g/mol. The second-order valence-corrected chi connectivity index (χ2v) is 5.95. The van der Waals surface area contributed by atoms with Crippen molar-refractivity contribution >= 4 is 17.5 Å². The van der Waals surface area contributed by atoms with Gasteiger partial charge in [0.1, 0.15) is 0 Å². The first-order chi connectivity index (χ1) is 9.06. The number of amides is 1. The van der Waals surface area contributed by atoms with E-state index in [4.69, 9.17) is 17.3 Å². The predicted molar refractivity (Wildman–Crippen MR) is 78.0 cm³/mol. The maximum atomic E-state index is 12.1. The molecule has 0 saturated heterocycles. The van der Waals surface area contributed by atoms with Crippen LogP contribution in [-0.4, -0.2) is 12.5 Å². The molecule has 0 heterocycles. The van der Waals surface area contributed by atoms with Crippen molar-refractivity contribution in [2.75, 3.05) is 6.54 Å². The number of halogens is 1. The highest BCUT2D eigenvalue weighted by molar-refractivity contribution is 6.31. The van der Waals surface area contributed by atoms with Crippen molar-refractivity contribution < 1.29 is 4.79 Å². The van der Waals surface area contributed by atoms with Crippen LogP contribution in [0, 0.1) is 5.41 Å². The largest absolute Gasteiger partial charge is 0.350 e. The molecule has 1 aromatic rings. The van der Waals surface area contributed by atoms with Crippen LogP contribution in [0.1, 0.15) is 44.2 Å². The first-order valence-electron chi connectivity index (χ1n) is 6.80. The molecule has 0 bridgehead atoms. The highest BCUT2D eigenvalue weighted by atomic mass is 35.5. The van der Waals surface area contributed by atoms with Gasteiger partial charge >= 0.3 is 0 Å². The van der Waals surface area contributed by atoms with Crippen LogP contribution in [0.5, 0.6) is 0 Å². The number of hydrogen-bond acceptors (Lipinski definition) is 2. The molecule has 1 aromatic carbocycles. The van der Waals surface area contributed by atoms with E-state index in [-0.39, 0.29) is 17.4 Å². The van der Waals surface area contributed by atoms with Gasteiger partial charge in [-0.25, -0.2) is 0 Å². The van der Waals surface area contributed by atoms with Crippen molar-refractivity contribution in [2.24, 2.45) is 11.1 Å². The molecule has 2 rings (SSSR count). The molecule has 4 heteroatoms. The van der Waals surface area contributed by atoms with Crippen molar-refractivity contribution in [2.45, 2.75) is 38.6 Å². The van der Waals surface area contributed by atoms with Gasteiger partial charge in [-0.15, -0.1) is 0 Å².